The quantitative estimate of drug-likeness (QED) is 0.789. The Morgan fingerprint density at radius 3 is 3.06 bits per heavy atom. The normalized spacial score (nSPS) is 18.8. The molecule has 1 aliphatic carbocycles. The molecule has 1 aliphatic rings. The van der Waals surface area contributed by atoms with Gasteiger partial charge in [-0.05, 0) is 48.9 Å². The summed E-state index contributed by atoms with van der Waals surface area (Å²) in [6.45, 7) is 3.03. The lowest BCUT2D eigenvalue weighted by Gasteiger charge is -2.22. The average molecular weight is 233 g/mol. The minimum Gasteiger partial charge on any atom is -0.494 e. The molecule has 2 N–H and O–H groups in total. The van der Waals surface area contributed by atoms with Crippen LogP contribution in [0.15, 0.2) is 18.2 Å². The van der Waals surface area contributed by atoms with Gasteiger partial charge in [0.15, 0.2) is 0 Å². The number of rotatable bonds is 5. The van der Waals surface area contributed by atoms with Gasteiger partial charge in [-0.3, -0.25) is 0 Å². The first-order valence-corrected chi connectivity index (χ1v) is 6.82. The molecular formula is C15H23NO. The van der Waals surface area contributed by atoms with E-state index < -0.39 is 0 Å². The lowest BCUT2D eigenvalue weighted by molar-refractivity contribution is 0.305. The topological polar surface area (TPSA) is 35.2 Å². The molecule has 0 unspecified atom stereocenters. The van der Waals surface area contributed by atoms with E-state index in [9.17, 15) is 0 Å². The largest absolute Gasteiger partial charge is 0.494 e. The second-order valence-electron chi connectivity index (χ2n) is 4.91. The van der Waals surface area contributed by atoms with Crippen molar-refractivity contribution < 1.29 is 4.74 Å². The van der Waals surface area contributed by atoms with Crippen molar-refractivity contribution in [1.82, 2.24) is 0 Å². The molecule has 0 fully saturated rings. The maximum Gasteiger partial charge on any atom is 0.119 e. The van der Waals surface area contributed by atoms with Gasteiger partial charge in [0.1, 0.15) is 5.75 Å². The van der Waals surface area contributed by atoms with Crippen LogP contribution in [0.4, 0.5) is 0 Å². The smallest absolute Gasteiger partial charge is 0.119 e. The van der Waals surface area contributed by atoms with E-state index in [1.807, 2.05) is 0 Å². The Bertz CT molecular complexity index is 362. The molecule has 0 bridgehead atoms. The van der Waals surface area contributed by atoms with Gasteiger partial charge in [0.05, 0.1) is 6.61 Å². The zero-order valence-electron chi connectivity index (χ0n) is 10.7. The molecule has 1 aromatic rings. The van der Waals surface area contributed by atoms with Gasteiger partial charge in [-0.2, -0.15) is 0 Å². The molecule has 0 amide bonds. The molecule has 17 heavy (non-hydrogen) atoms. The summed E-state index contributed by atoms with van der Waals surface area (Å²) >= 11 is 0. The van der Waals surface area contributed by atoms with Crippen LogP contribution in [0.3, 0.4) is 0 Å². The second-order valence-corrected chi connectivity index (χ2v) is 4.91. The monoisotopic (exact) mass is 233 g/mol. The summed E-state index contributed by atoms with van der Waals surface area (Å²) in [7, 11) is 0. The second kappa shape index (κ2) is 6.06. The Balaban J connectivity index is 1.97. The highest BCUT2D eigenvalue weighted by Gasteiger charge is 2.16. The van der Waals surface area contributed by atoms with Crippen molar-refractivity contribution in [3.63, 3.8) is 0 Å². The van der Waals surface area contributed by atoms with Gasteiger partial charge >= 0.3 is 0 Å². The van der Waals surface area contributed by atoms with E-state index >= 15 is 0 Å². The van der Waals surface area contributed by atoms with Crippen LogP contribution in [0, 0.1) is 0 Å². The summed E-state index contributed by atoms with van der Waals surface area (Å²) in [6.07, 6.45) is 7.10. The van der Waals surface area contributed by atoms with E-state index in [1.54, 1.807) is 0 Å². The third kappa shape index (κ3) is 3.22. The van der Waals surface area contributed by atoms with Crippen LogP contribution in [0.5, 0.6) is 5.75 Å². The SMILES string of the molecule is CCCCCOc1ccc2c(c1)[C@@H](N)CCC2. The van der Waals surface area contributed by atoms with Crippen molar-refractivity contribution in [3.8, 4) is 5.75 Å². The lowest BCUT2D eigenvalue weighted by Crippen LogP contribution is -2.17. The van der Waals surface area contributed by atoms with Crippen molar-refractivity contribution in [1.29, 1.82) is 0 Å². The summed E-state index contributed by atoms with van der Waals surface area (Å²) in [5.41, 5.74) is 8.84. The van der Waals surface area contributed by atoms with Crippen molar-refractivity contribution in [2.75, 3.05) is 6.61 Å². The van der Waals surface area contributed by atoms with Crippen molar-refractivity contribution in [2.24, 2.45) is 5.73 Å². The predicted octanol–water partition coefficient (Wildman–Crippen LogP) is 3.59. The Morgan fingerprint density at radius 2 is 2.24 bits per heavy atom. The summed E-state index contributed by atoms with van der Waals surface area (Å²) in [6, 6.07) is 6.62. The Kier molecular flexibility index (Phi) is 4.43. The zero-order valence-corrected chi connectivity index (χ0v) is 10.7. The standard InChI is InChI=1S/C15H23NO/c1-2-3-4-10-17-13-9-8-12-6-5-7-15(16)14(12)11-13/h8-9,11,15H,2-7,10,16H2,1H3/t15-/m0/s1. The molecule has 2 nitrogen and oxygen atoms in total. The number of benzene rings is 1. The van der Waals surface area contributed by atoms with E-state index in [0.29, 0.717) is 0 Å². The van der Waals surface area contributed by atoms with E-state index in [-0.39, 0.29) is 6.04 Å². The molecule has 0 saturated heterocycles. The molecule has 1 aromatic carbocycles. The van der Waals surface area contributed by atoms with Crippen LogP contribution in [-0.4, -0.2) is 6.61 Å². The number of aryl methyl sites for hydroxylation is 1. The van der Waals surface area contributed by atoms with Gasteiger partial charge in [0, 0.05) is 6.04 Å². The fourth-order valence-corrected chi connectivity index (χ4v) is 2.45. The molecular weight excluding hydrogens is 210 g/mol. The van der Waals surface area contributed by atoms with Gasteiger partial charge in [0.2, 0.25) is 0 Å². The number of nitrogens with two attached hydrogens (primary N) is 1. The van der Waals surface area contributed by atoms with Crippen LogP contribution in [0.1, 0.15) is 56.2 Å². The Labute approximate surface area is 104 Å². The average Bonchev–Trinajstić information content (AvgIpc) is 2.36. The van der Waals surface area contributed by atoms with Crippen LogP contribution >= 0.6 is 0 Å². The third-order valence-corrected chi connectivity index (χ3v) is 3.49. The van der Waals surface area contributed by atoms with Gasteiger partial charge in [-0.25, -0.2) is 0 Å². The molecule has 0 spiro atoms. The first kappa shape index (κ1) is 12.4. The third-order valence-electron chi connectivity index (χ3n) is 3.49. The van der Waals surface area contributed by atoms with E-state index in [1.165, 1.54) is 36.8 Å². The fourth-order valence-electron chi connectivity index (χ4n) is 2.45. The minimum absolute atomic E-state index is 0.206. The maximum atomic E-state index is 6.14. The van der Waals surface area contributed by atoms with E-state index in [0.717, 1.165) is 25.2 Å². The van der Waals surface area contributed by atoms with Crippen LogP contribution in [-0.2, 0) is 6.42 Å². The summed E-state index contributed by atoms with van der Waals surface area (Å²) in [5, 5.41) is 0. The highest BCUT2D eigenvalue weighted by atomic mass is 16.5. The lowest BCUT2D eigenvalue weighted by atomic mass is 9.88. The molecule has 2 rings (SSSR count). The maximum absolute atomic E-state index is 6.14. The number of hydrogen-bond acceptors (Lipinski definition) is 2. The van der Waals surface area contributed by atoms with Crippen LogP contribution in [0.25, 0.3) is 0 Å². The number of fused-ring (bicyclic) bond motifs is 1. The predicted molar refractivity (Wildman–Crippen MR) is 71.3 cm³/mol. The Morgan fingerprint density at radius 1 is 1.35 bits per heavy atom. The van der Waals surface area contributed by atoms with Crippen molar-refractivity contribution >= 4 is 0 Å². The van der Waals surface area contributed by atoms with Crippen molar-refractivity contribution in [3.05, 3.63) is 29.3 Å². The van der Waals surface area contributed by atoms with Gasteiger partial charge in [-0.15, -0.1) is 0 Å². The summed E-state index contributed by atoms with van der Waals surface area (Å²) in [4.78, 5) is 0. The van der Waals surface area contributed by atoms with E-state index in [4.69, 9.17) is 10.5 Å². The highest BCUT2D eigenvalue weighted by molar-refractivity contribution is 5.39. The van der Waals surface area contributed by atoms with Gasteiger partial charge in [-0.1, -0.05) is 25.8 Å². The molecule has 2 heteroatoms. The van der Waals surface area contributed by atoms with Crippen LogP contribution in [0.2, 0.25) is 0 Å². The van der Waals surface area contributed by atoms with Gasteiger partial charge < -0.3 is 10.5 Å². The minimum atomic E-state index is 0.206. The first-order valence-electron chi connectivity index (χ1n) is 6.82. The molecule has 0 aromatic heterocycles. The fraction of sp³-hybridized carbons (Fsp3) is 0.600. The molecule has 0 heterocycles. The molecule has 0 aliphatic heterocycles. The number of hydrogen-bond donors (Lipinski definition) is 1. The number of ether oxygens (including phenoxy) is 1. The molecule has 0 saturated carbocycles. The van der Waals surface area contributed by atoms with E-state index in [2.05, 4.69) is 25.1 Å². The Hall–Kier alpha value is -1.02. The first-order chi connectivity index (χ1) is 8.31. The number of unbranched alkanes of at least 4 members (excludes halogenated alkanes) is 2. The molecule has 1 atom stereocenters. The van der Waals surface area contributed by atoms with Crippen LogP contribution < -0.4 is 10.5 Å². The van der Waals surface area contributed by atoms with Crippen molar-refractivity contribution in [2.45, 2.75) is 51.5 Å². The highest BCUT2D eigenvalue weighted by Crippen LogP contribution is 2.30. The summed E-state index contributed by atoms with van der Waals surface area (Å²) in [5.74, 6) is 0.984. The zero-order chi connectivity index (χ0) is 12.1. The molecule has 94 valence electrons. The molecule has 0 radical (unpaired) electrons. The summed E-state index contributed by atoms with van der Waals surface area (Å²) < 4.78 is 5.77. The van der Waals surface area contributed by atoms with Gasteiger partial charge in [0.25, 0.3) is 0 Å².